The number of aryl methyl sites for hydroxylation is 1. The van der Waals surface area contributed by atoms with E-state index < -0.39 is 0 Å². The van der Waals surface area contributed by atoms with Crippen LogP contribution in [0.25, 0.3) is 0 Å². The Morgan fingerprint density at radius 1 is 1.25 bits per heavy atom. The van der Waals surface area contributed by atoms with Crippen molar-refractivity contribution < 1.29 is 8.91 Å². The van der Waals surface area contributed by atoms with E-state index in [0.717, 1.165) is 30.8 Å². The van der Waals surface area contributed by atoms with Gasteiger partial charge in [-0.25, -0.2) is 4.39 Å². The number of nitrogens with one attached hydrogen (secondary N) is 2. The lowest BCUT2D eigenvalue weighted by Gasteiger charge is -2.11. The molecule has 0 bridgehead atoms. The van der Waals surface area contributed by atoms with Crippen molar-refractivity contribution in [3.8, 4) is 0 Å². The lowest BCUT2D eigenvalue weighted by Crippen LogP contribution is -2.37. The summed E-state index contributed by atoms with van der Waals surface area (Å²) in [7, 11) is 1.72. The first-order valence-electron chi connectivity index (χ1n) is 8.10. The maximum absolute atomic E-state index is 12.9. The third-order valence-corrected chi connectivity index (χ3v) is 3.46. The molecule has 2 aromatic rings. The van der Waals surface area contributed by atoms with Gasteiger partial charge in [0.15, 0.2) is 11.8 Å². The molecule has 1 heterocycles. The second-order valence-electron chi connectivity index (χ2n) is 5.78. The molecule has 0 atom stereocenters. The second-order valence-corrected chi connectivity index (χ2v) is 5.78. The van der Waals surface area contributed by atoms with Crippen molar-refractivity contribution >= 4 is 5.96 Å². The molecule has 0 amide bonds. The van der Waals surface area contributed by atoms with Crippen LogP contribution in [0.4, 0.5) is 4.39 Å². The Bertz CT molecular complexity index is 651. The van der Waals surface area contributed by atoms with Crippen LogP contribution in [0.1, 0.15) is 43.5 Å². The predicted molar refractivity (Wildman–Crippen MR) is 91.3 cm³/mol. The number of hydrogen-bond acceptors (Lipinski definition) is 4. The molecule has 0 aliphatic heterocycles. The van der Waals surface area contributed by atoms with E-state index >= 15 is 0 Å². The number of benzene rings is 1. The number of halogens is 1. The van der Waals surface area contributed by atoms with Gasteiger partial charge in [0.2, 0.25) is 5.89 Å². The van der Waals surface area contributed by atoms with Crippen LogP contribution in [0.15, 0.2) is 33.8 Å². The Kier molecular flexibility index (Phi) is 6.72. The molecule has 0 fully saturated rings. The smallest absolute Gasteiger partial charge is 0.226 e. The molecule has 0 spiro atoms. The summed E-state index contributed by atoms with van der Waals surface area (Å²) in [6.45, 7) is 5.39. The second kappa shape index (κ2) is 9.00. The van der Waals surface area contributed by atoms with E-state index in [1.165, 1.54) is 12.1 Å². The number of guanidine groups is 1. The zero-order chi connectivity index (χ0) is 17.4. The molecular formula is C17H24FN5O. The molecule has 2 rings (SSSR count). The highest BCUT2D eigenvalue weighted by molar-refractivity contribution is 5.79. The first-order valence-corrected chi connectivity index (χ1v) is 8.10. The van der Waals surface area contributed by atoms with Crippen molar-refractivity contribution in [1.82, 2.24) is 20.8 Å². The van der Waals surface area contributed by atoms with Gasteiger partial charge in [-0.3, -0.25) is 4.99 Å². The highest BCUT2D eigenvalue weighted by Gasteiger charge is 2.09. The average Bonchev–Trinajstić information content (AvgIpc) is 3.05. The highest BCUT2D eigenvalue weighted by Crippen LogP contribution is 2.10. The fourth-order valence-corrected chi connectivity index (χ4v) is 2.06. The molecule has 1 aromatic carbocycles. The van der Waals surface area contributed by atoms with Gasteiger partial charge in [-0.2, -0.15) is 4.98 Å². The monoisotopic (exact) mass is 333 g/mol. The van der Waals surface area contributed by atoms with Crippen LogP contribution in [0.2, 0.25) is 0 Å². The predicted octanol–water partition coefficient (Wildman–Crippen LogP) is 2.63. The van der Waals surface area contributed by atoms with Crippen molar-refractivity contribution in [2.45, 2.75) is 39.2 Å². The van der Waals surface area contributed by atoms with E-state index in [9.17, 15) is 4.39 Å². The normalized spacial score (nSPS) is 11.8. The standard InChI is InChI=1S/C17H24FN5O/c1-12(2)16-22-15(24-23-16)5-4-10-20-17(19-3)21-11-13-6-8-14(18)9-7-13/h6-9,12H,4-5,10-11H2,1-3H3,(H2,19,20,21). The van der Waals surface area contributed by atoms with E-state index in [0.29, 0.717) is 18.4 Å². The van der Waals surface area contributed by atoms with Crippen molar-refractivity contribution in [3.05, 3.63) is 47.4 Å². The van der Waals surface area contributed by atoms with E-state index in [1.807, 2.05) is 13.8 Å². The molecule has 1 aromatic heterocycles. The molecular weight excluding hydrogens is 309 g/mol. The summed E-state index contributed by atoms with van der Waals surface area (Å²) in [5, 5.41) is 10.4. The minimum absolute atomic E-state index is 0.233. The Balaban J connectivity index is 1.68. The molecule has 0 unspecified atom stereocenters. The van der Waals surface area contributed by atoms with Crippen molar-refractivity contribution in [1.29, 1.82) is 0 Å². The van der Waals surface area contributed by atoms with Gasteiger partial charge in [0.05, 0.1) is 0 Å². The Morgan fingerprint density at radius 3 is 2.62 bits per heavy atom. The van der Waals surface area contributed by atoms with Crippen LogP contribution in [-0.2, 0) is 13.0 Å². The molecule has 6 nitrogen and oxygen atoms in total. The van der Waals surface area contributed by atoms with Gasteiger partial charge < -0.3 is 15.2 Å². The summed E-state index contributed by atoms with van der Waals surface area (Å²) in [4.78, 5) is 8.51. The SMILES string of the molecule is CN=C(NCCCc1nc(C(C)C)no1)NCc1ccc(F)cc1. The molecule has 0 radical (unpaired) electrons. The maximum Gasteiger partial charge on any atom is 0.226 e. The number of hydrogen-bond donors (Lipinski definition) is 2. The van der Waals surface area contributed by atoms with Crippen LogP contribution in [0.3, 0.4) is 0 Å². The Hall–Kier alpha value is -2.44. The van der Waals surface area contributed by atoms with Gasteiger partial charge in [0.1, 0.15) is 5.82 Å². The number of aliphatic imine (C=N–C) groups is 1. The summed E-state index contributed by atoms with van der Waals surface area (Å²) in [6.07, 6.45) is 1.58. The van der Waals surface area contributed by atoms with Crippen molar-refractivity contribution in [2.24, 2.45) is 4.99 Å². The van der Waals surface area contributed by atoms with Gasteiger partial charge in [-0.05, 0) is 24.1 Å². The molecule has 0 aliphatic carbocycles. The summed E-state index contributed by atoms with van der Waals surface area (Å²) >= 11 is 0. The van der Waals surface area contributed by atoms with Gasteiger partial charge in [0, 0.05) is 32.5 Å². The quantitative estimate of drug-likeness (QED) is 0.463. The molecule has 2 N–H and O–H groups in total. The van der Waals surface area contributed by atoms with E-state index in [2.05, 4.69) is 25.8 Å². The van der Waals surface area contributed by atoms with Gasteiger partial charge in [-0.1, -0.05) is 31.1 Å². The summed E-state index contributed by atoms with van der Waals surface area (Å²) in [5.74, 6) is 2.15. The Labute approximate surface area is 141 Å². The number of rotatable bonds is 7. The van der Waals surface area contributed by atoms with Crippen molar-refractivity contribution in [2.75, 3.05) is 13.6 Å². The lowest BCUT2D eigenvalue weighted by molar-refractivity contribution is 0.368. The molecule has 0 saturated carbocycles. The molecule has 24 heavy (non-hydrogen) atoms. The fourth-order valence-electron chi connectivity index (χ4n) is 2.06. The third kappa shape index (κ3) is 5.64. The molecule has 7 heteroatoms. The van der Waals surface area contributed by atoms with Gasteiger partial charge in [-0.15, -0.1) is 0 Å². The largest absolute Gasteiger partial charge is 0.356 e. The zero-order valence-corrected chi connectivity index (χ0v) is 14.3. The first kappa shape index (κ1) is 17.9. The van der Waals surface area contributed by atoms with Crippen LogP contribution < -0.4 is 10.6 Å². The van der Waals surface area contributed by atoms with Crippen LogP contribution in [-0.4, -0.2) is 29.7 Å². The van der Waals surface area contributed by atoms with E-state index in [-0.39, 0.29) is 11.7 Å². The topological polar surface area (TPSA) is 75.3 Å². The van der Waals surface area contributed by atoms with E-state index in [4.69, 9.17) is 4.52 Å². The van der Waals surface area contributed by atoms with Crippen LogP contribution in [0.5, 0.6) is 0 Å². The summed E-state index contributed by atoms with van der Waals surface area (Å²) < 4.78 is 18.1. The summed E-state index contributed by atoms with van der Waals surface area (Å²) in [6, 6.07) is 6.39. The highest BCUT2D eigenvalue weighted by atomic mass is 19.1. The molecule has 0 aliphatic rings. The Morgan fingerprint density at radius 2 is 2.00 bits per heavy atom. The van der Waals surface area contributed by atoms with Crippen LogP contribution >= 0.6 is 0 Å². The maximum atomic E-state index is 12.9. The zero-order valence-electron chi connectivity index (χ0n) is 14.3. The summed E-state index contributed by atoms with van der Waals surface area (Å²) in [5.41, 5.74) is 0.992. The first-order chi connectivity index (χ1) is 11.6. The molecule has 130 valence electrons. The fraction of sp³-hybridized carbons (Fsp3) is 0.471. The lowest BCUT2D eigenvalue weighted by atomic mass is 10.2. The third-order valence-electron chi connectivity index (χ3n) is 3.46. The number of aromatic nitrogens is 2. The average molecular weight is 333 g/mol. The molecule has 0 saturated heterocycles. The minimum atomic E-state index is -0.233. The minimum Gasteiger partial charge on any atom is -0.356 e. The van der Waals surface area contributed by atoms with Gasteiger partial charge in [0.25, 0.3) is 0 Å². The van der Waals surface area contributed by atoms with Crippen molar-refractivity contribution in [3.63, 3.8) is 0 Å². The number of nitrogens with zero attached hydrogens (tertiary/aromatic N) is 3. The van der Waals surface area contributed by atoms with Gasteiger partial charge >= 0.3 is 0 Å². The van der Waals surface area contributed by atoms with E-state index in [1.54, 1.807) is 19.2 Å². The van der Waals surface area contributed by atoms with Crippen LogP contribution in [0, 0.1) is 5.82 Å².